The minimum Gasteiger partial charge on any atom is -0.326 e. The van der Waals surface area contributed by atoms with Crippen LogP contribution >= 0.6 is 0 Å². The van der Waals surface area contributed by atoms with E-state index in [9.17, 15) is 0 Å². The summed E-state index contributed by atoms with van der Waals surface area (Å²) in [4.78, 5) is 13.6. The molecule has 0 unspecified atom stereocenters. The summed E-state index contributed by atoms with van der Waals surface area (Å²) in [5, 5.41) is 0. The molecular formula is C15H17N5. The van der Waals surface area contributed by atoms with Crippen LogP contribution in [0.3, 0.4) is 0 Å². The smallest absolute Gasteiger partial charge is 0.161 e. The van der Waals surface area contributed by atoms with Gasteiger partial charge in [0.15, 0.2) is 11.5 Å². The van der Waals surface area contributed by atoms with Gasteiger partial charge in [0.25, 0.3) is 0 Å². The predicted molar refractivity (Wildman–Crippen MR) is 79.0 cm³/mol. The number of imidazole rings is 1. The molecule has 0 aliphatic rings. The Morgan fingerprint density at radius 1 is 1.20 bits per heavy atom. The molecule has 3 aromatic rings. The van der Waals surface area contributed by atoms with Gasteiger partial charge in [-0.05, 0) is 37.6 Å². The molecule has 3 heterocycles. The van der Waals surface area contributed by atoms with Gasteiger partial charge in [0.2, 0.25) is 0 Å². The quantitative estimate of drug-likeness (QED) is 0.791. The van der Waals surface area contributed by atoms with Gasteiger partial charge in [-0.25, -0.2) is 9.97 Å². The van der Waals surface area contributed by atoms with Crippen molar-refractivity contribution in [1.29, 1.82) is 0 Å². The van der Waals surface area contributed by atoms with Gasteiger partial charge in [-0.2, -0.15) is 0 Å². The summed E-state index contributed by atoms with van der Waals surface area (Å²) in [6.07, 6.45) is 3.59. The van der Waals surface area contributed by atoms with Crippen molar-refractivity contribution in [2.75, 3.05) is 0 Å². The van der Waals surface area contributed by atoms with E-state index in [1.54, 1.807) is 12.4 Å². The number of nitrogens with two attached hydrogens (primary N) is 1. The molecule has 0 radical (unpaired) electrons. The van der Waals surface area contributed by atoms with E-state index in [1.165, 1.54) is 0 Å². The van der Waals surface area contributed by atoms with Gasteiger partial charge in [-0.3, -0.25) is 4.98 Å². The standard InChI is InChI=1S/C15H17N5/c1-10(2)20-14-13(4-3-7-17-14)19-15(20)12-6-5-11(8-16)9-18-12/h3-7,9-10H,8,16H2,1-2H3. The lowest BCUT2D eigenvalue weighted by Crippen LogP contribution is -2.05. The molecular weight excluding hydrogens is 250 g/mol. The Labute approximate surface area is 117 Å². The molecule has 0 fully saturated rings. The number of fused-ring (bicyclic) bond motifs is 1. The summed E-state index contributed by atoms with van der Waals surface area (Å²) in [6.45, 7) is 4.73. The van der Waals surface area contributed by atoms with Crippen molar-refractivity contribution in [3.8, 4) is 11.5 Å². The van der Waals surface area contributed by atoms with Crippen LogP contribution in [0.2, 0.25) is 0 Å². The molecule has 0 amide bonds. The van der Waals surface area contributed by atoms with Crippen LogP contribution in [0, 0.1) is 0 Å². The largest absolute Gasteiger partial charge is 0.326 e. The second-order valence-electron chi connectivity index (χ2n) is 5.00. The maximum atomic E-state index is 5.61. The predicted octanol–water partition coefficient (Wildman–Crippen LogP) is 2.53. The minimum absolute atomic E-state index is 0.265. The number of nitrogens with zero attached hydrogens (tertiary/aromatic N) is 4. The monoisotopic (exact) mass is 267 g/mol. The van der Waals surface area contributed by atoms with Gasteiger partial charge in [0, 0.05) is 25.0 Å². The van der Waals surface area contributed by atoms with E-state index in [1.807, 2.05) is 24.3 Å². The van der Waals surface area contributed by atoms with E-state index in [4.69, 9.17) is 5.73 Å². The van der Waals surface area contributed by atoms with Gasteiger partial charge in [0.1, 0.15) is 11.2 Å². The highest BCUT2D eigenvalue weighted by Gasteiger charge is 2.16. The summed E-state index contributed by atoms with van der Waals surface area (Å²) in [7, 11) is 0. The lowest BCUT2D eigenvalue weighted by atomic mass is 10.2. The Hall–Kier alpha value is -2.27. The third-order valence-electron chi connectivity index (χ3n) is 3.25. The maximum absolute atomic E-state index is 5.61. The molecule has 102 valence electrons. The fourth-order valence-corrected chi connectivity index (χ4v) is 2.28. The first-order valence-electron chi connectivity index (χ1n) is 6.69. The molecule has 0 atom stereocenters. The average Bonchev–Trinajstić information content (AvgIpc) is 2.86. The Kier molecular flexibility index (Phi) is 3.20. The highest BCUT2D eigenvalue weighted by atomic mass is 15.2. The number of hydrogen-bond acceptors (Lipinski definition) is 4. The normalized spacial score (nSPS) is 11.4. The SMILES string of the molecule is CC(C)n1c(-c2ccc(CN)cn2)nc2cccnc21. The molecule has 5 heteroatoms. The van der Waals surface area contributed by atoms with Crippen LogP contribution in [0.25, 0.3) is 22.7 Å². The Bertz CT molecular complexity index is 728. The maximum Gasteiger partial charge on any atom is 0.161 e. The van der Waals surface area contributed by atoms with Crippen molar-refractivity contribution in [3.63, 3.8) is 0 Å². The van der Waals surface area contributed by atoms with Gasteiger partial charge in [0.05, 0.1) is 0 Å². The van der Waals surface area contributed by atoms with Crippen LogP contribution in [-0.4, -0.2) is 19.5 Å². The molecule has 0 saturated carbocycles. The molecule has 0 saturated heterocycles. The van der Waals surface area contributed by atoms with Crippen molar-refractivity contribution >= 4 is 11.2 Å². The zero-order valence-corrected chi connectivity index (χ0v) is 11.6. The molecule has 2 N–H and O–H groups in total. The summed E-state index contributed by atoms with van der Waals surface area (Å²) in [5.74, 6) is 0.845. The molecule has 5 nitrogen and oxygen atoms in total. The van der Waals surface area contributed by atoms with Crippen molar-refractivity contribution < 1.29 is 0 Å². The fourth-order valence-electron chi connectivity index (χ4n) is 2.28. The summed E-state index contributed by atoms with van der Waals surface area (Å²) in [5.41, 5.74) is 9.24. The van der Waals surface area contributed by atoms with Crippen molar-refractivity contribution in [2.45, 2.75) is 26.4 Å². The number of hydrogen-bond donors (Lipinski definition) is 1. The van der Waals surface area contributed by atoms with E-state index in [0.717, 1.165) is 28.2 Å². The third kappa shape index (κ3) is 2.06. The average molecular weight is 267 g/mol. The van der Waals surface area contributed by atoms with Crippen LogP contribution in [0.15, 0.2) is 36.7 Å². The Balaban J connectivity index is 2.21. The molecule has 3 rings (SSSR count). The van der Waals surface area contributed by atoms with Gasteiger partial charge < -0.3 is 10.3 Å². The number of rotatable bonds is 3. The van der Waals surface area contributed by atoms with Crippen LogP contribution in [-0.2, 0) is 6.54 Å². The van der Waals surface area contributed by atoms with Gasteiger partial charge in [-0.1, -0.05) is 6.07 Å². The minimum atomic E-state index is 0.265. The van der Waals surface area contributed by atoms with E-state index in [2.05, 4.69) is 33.4 Å². The summed E-state index contributed by atoms with van der Waals surface area (Å²) >= 11 is 0. The molecule has 0 aromatic carbocycles. The second-order valence-corrected chi connectivity index (χ2v) is 5.00. The lowest BCUT2D eigenvalue weighted by Gasteiger charge is -2.11. The molecule has 20 heavy (non-hydrogen) atoms. The zero-order valence-electron chi connectivity index (χ0n) is 11.6. The molecule has 0 spiro atoms. The van der Waals surface area contributed by atoms with Gasteiger partial charge >= 0.3 is 0 Å². The molecule has 0 aliphatic carbocycles. The summed E-state index contributed by atoms with van der Waals surface area (Å²) < 4.78 is 2.11. The summed E-state index contributed by atoms with van der Waals surface area (Å²) in [6, 6.07) is 8.08. The zero-order chi connectivity index (χ0) is 14.1. The second kappa shape index (κ2) is 5.02. The van der Waals surface area contributed by atoms with Crippen molar-refractivity contribution in [3.05, 3.63) is 42.2 Å². The van der Waals surface area contributed by atoms with Crippen molar-refractivity contribution in [2.24, 2.45) is 5.73 Å². The van der Waals surface area contributed by atoms with Gasteiger partial charge in [-0.15, -0.1) is 0 Å². The van der Waals surface area contributed by atoms with E-state index in [0.29, 0.717) is 6.54 Å². The highest BCUT2D eigenvalue weighted by molar-refractivity contribution is 5.76. The molecule has 0 bridgehead atoms. The van der Waals surface area contributed by atoms with Crippen LogP contribution in [0.4, 0.5) is 0 Å². The number of aromatic nitrogens is 4. The molecule has 0 aliphatic heterocycles. The number of pyridine rings is 2. The third-order valence-corrected chi connectivity index (χ3v) is 3.25. The first-order valence-corrected chi connectivity index (χ1v) is 6.69. The lowest BCUT2D eigenvalue weighted by molar-refractivity contribution is 0.618. The van der Waals surface area contributed by atoms with Crippen LogP contribution in [0.1, 0.15) is 25.5 Å². The van der Waals surface area contributed by atoms with Crippen molar-refractivity contribution in [1.82, 2.24) is 19.5 Å². The highest BCUT2D eigenvalue weighted by Crippen LogP contribution is 2.25. The Morgan fingerprint density at radius 2 is 2.05 bits per heavy atom. The first-order chi connectivity index (χ1) is 9.70. The topological polar surface area (TPSA) is 69.6 Å². The van der Waals surface area contributed by atoms with E-state index < -0.39 is 0 Å². The van der Waals surface area contributed by atoms with Crippen LogP contribution < -0.4 is 5.73 Å². The van der Waals surface area contributed by atoms with Crippen LogP contribution in [0.5, 0.6) is 0 Å². The molecule has 3 aromatic heterocycles. The first kappa shape index (κ1) is 12.7. The van der Waals surface area contributed by atoms with E-state index in [-0.39, 0.29) is 6.04 Å². The fraction of sp³-hybridized carbons (Fsp3) is 0.267. The van der Waals surface area contributed by atoms with E-state index >= 15 is 0 Å². The Morgan fingerprint density at radius 3 is 2.70 bits per heavy atom.